The molecule has 6 rings (SSSR count). The lowest BCUT2D eigenvalue weighted by atomic mass is 10.1. The maximum Gasteiger partial charge on any atom is 0.317 e. The fraction of sp³-hybridized carbons (Fsp3) is 0.581. The van der Waals surface area contributed by atoms with Gasteiger partial charge in [-0.25, -0.2) is 4.39 Å². The second-order valence-corrected chi connectivity index (χ2v) is 23.1. The summed E-state index contributed by atoms with van der Waals surface area (Å²) in [5.41, 5.74) is 1.40. The first-order valence-corrected chi connectivity index (χ1v) is 30.7. The lowest BCUT2D eigenvalue weighted by molar-refractivity contribution is -0.140. The Balaban J connectivity index is 0.977. The molecule has 3 aromatic rings. The number of rotatable bonds is 32. The van der Waals surface area contributed by atoms with Gasteiger partial charge in [0.05, 0.1) is 49.9 Å². The highest BCUT2D eigenvalue weighted by atomic mass is 19.1. The molecule has 5 N–H and O–H groups in total. The quantitative estimate of drug-likeness (QED) is 0.0328. The fourth-order valence-corrected chi connectivity index (χ4v) is 10.9. The largest absolute Gasteiger partial charge is 0.494 e. The number of aryl methyl sites for hydroxylation is 2. The maximum atomic E-state index is 14.6. The first-order chi connectivity index (χ1) is 43.3. The number of nitrogens with zero attached hydrogens (tertiary/aromatic N) is 9. The van der Waals surface area contributed by atoms with Crippen molar-refractivity contribution in [3.63, 3.8) is 0 Å². The number of likely N-dealkylation sites (tertiary alicyclic amines) is 1. The molecule has 490 valence electrons. The predicted molar refractivity (Wildman–Crippen MR) is 325 cm³/mol. The lowest BCUT2D eigenvalue weighted by Crippen LogP contribution is -2.53. The Hall–Kier alpha value is -8.23. The molecule has 3 aliphatic rings. The number of hydrogen-bond acceptors (Lipinski definition) is 20. The van der Waals surface area contributed by atoms with Gasteiger partial charge in [-0.1, -0.05) is 42.7 Å². The van der Waals surface area contributed by atoms with E-state index in [0.29, 0.717) is 140 Å². The number of alkyl halides is 1. The van der Waals surface area contributed by atoms with Crippen molar-refractivity contribution in [3.05, 3.63) is 71.4 Å². The topological polar surface area (TPSA) is 326 Å². The van der Waals surface area contributed by atoms with Crippen LogP contribution in [0.4, 0.5) is 4.39 Å². The summed E-state index contributed by atoms with van der Waals surface area (Å²) in [5, 5.41) is 30.3. The number of nitrogens with one attached hydrogen (secondary N) is 4. The molecule has 27 nitrogen and oxygen atoms in total. The predicted octanol–water partition coefficient (Wildman–Crippen LogP) is 0.823. The number of carbonyl (C=O) groups excluding carboxylic acids is 9. The maximum absolute atomic E-state index is 14.6. The van der Waals surface area contributed by atoms with Crippen LogP contribution in [0.3, 0.4) is 0 Å². The number of imide groups is 1. The standard InChI is InChI=1S/C62H86FN13O14/c1-46-11-13-47(14-12-46)8-6-10-54(79)66-18-5-3-4-9-53(68-56(81)39-71-21-22-72(40-59(84)85)24-26-74(43-89-45-78)28-27-73(25-23-71)42-88-44-77)61(87)69-55(80)35-57(82)75-31-29-70(30-32-75)20-7-33-90-49-15-16-52-51(34-49)50(17-19-65-52)60(86)67-38-58(83)76-41-62(2,63)36-48(76)37-64/h11-17,19,34,44-45,48,53H,3-10,18,20-33,35-36,38-43H2,1-2H3,(H,66,79)(H,67,86)(H,68,81)(H,84,85)(H,69,80,87)/t48-,53+,62?/m1/s1. The average Bonchev–Trinajstić information content (AvgIpc) is 1.79. The van der Waals surface area contributed by atoms with Crippen molar-refractivity contribution in [2.75, 3.05) is 138 Å². The van der Waals surface area contributed by atoms with E-state index in [2.05, 4.69) is 43.3 Å². The van der Waals surface area contributed by atoms with Gasteiger partial charge in [-0.05, 0) is 75.8 Å². The Labute approximate surface area is 523 Å². The molecule has 2 aromatic carbocycles. The second-order valence-electron chi connectivity index (χ2n) is 23.1. The number of amides is 7. The number of carboxylic acid groups (broad SMARTS) is 1. The molecule has 3 atom stereocenters. The number of fused-ring (bicyclic) bond motifs is 1. The molecule has 0 radical (unpaired) electrons. The van der Waals surface area contributed by atoms with Crippen molar-refractivity contribution < 1.29 is 71.7 Å². The molecule has 7 amide bonds. The highest BCUT2D eigenvalue weighted by Crippen LogP contribution is 2.30. The number of ether oxygens (including phenoxy) is 3. The molecule has 0 saturated carbocycles. The Morgan fingerprint density at radius 2 is 1.40 bits per heavy atom. The van der Waals surface area contributed by atoms with Gasteiger partial charge >= 0.3 is 5.97 Å². The Morgan fingerprint density at radius 3 is 2.04 bits per heavy atom. The number of carbonyl (C=O) groups is 10. The van der Waals surface area contributed by atoms with Crippen LogP contribution in [-0.4, -0.2) is 260 Å². The summed E-state index contributed by atoms with van der Waals surface area (Å²) in [7, 11) is 0. The highest BCUT2D eigenvalue weighted by molar-refractivity contribution is 6.07. The van der Waals surface area contributed by atoms with Gasteiger partial charge in [0.25, 0.3) is 18.9 Å². The summed E-state index contributed by atoms with van der Waals surface area (Å²) in [4.78, 5) is 144. The molecule has 1 unspecified atom stereocenters. The molecule has 3 fully saturated rings. The van der Waals surface area contributed by atoms with Crippen LogP contribution < -0.4 is 26.0 Å². The molecular weight excluding hydrogens is 1170 g/mol. The third-order valence-corrected chi connectivity index (χ3v) is 15.9. The molecule has 0 bridgehead atoms. The van der Waals surface area contributed by atoms with E-state index in [0.717, 1.165) is 16.9 Å². The highest BCUT2D eigenvalue weighted by Gasteiger charge is 2.43. The Morgan fingerprint density at radius 1 is 0.756 bits per heavy atom. The molecule has 1 aromatic heterocycles. The van der Waals surface area contributed by atoms with Crippen LogP contribution in [0, 0.1) is 18.3 Å². The molecule has 4 heterocycles. The lowest BCUT2D eigenvalue weighted by Gasteiger charge is -2.34. The number of aromatic nitrogens is 1. The van der Waals surface area contributed by atoms with Gasteiger partial charge in [0, 0.05) is 116 Å². The minimum absolute atomic E-state index is 0.0310. The Bertz CT molecular complexity index is 2940. The SMILES string of the molecule is Cc1ccc(CCCC(=O)NCCCCC[C@H](NC(=O)CN2CCN(COC=O)CCN(COC=O)CCN(CC(=O)O)CC2)C(=O)NC(=O)CC(=O)N2CCN(CCCOc3ccc4nccc(C(=O)NCC(=O)N5CC(C)(F)C[C@@H]5C#N)c4c3)CC2)cc1. The van der Waals surface area contributed by atoms with E-state index in [4.69, 9.17) is 14.2 Å². The van der Waals surface area contributed by atoms with Crippen LogP contribution in [0.5, 0.6) is 5.75 Å². The van der Waals surface area contributed by atoms with E-state index >= 15 is 0 Å². The van der Waals surface area contributed by atoms with Crippen LogP contribution in [0.25, 0.3) is 10.9 Å². The summed E-state index contributed by atoms with van der Waals surface area (Å²) < 4.78 is 30.7. The van der Waals surface area contributed by atoms with Gasteiger partial charge in [0.1, 0.15) is 43.4 Å². The first kappa shape index (κ1) is 70.9. The number of aliphatic carboxylic acids is 1. The van der Waals surface area contributed by atoms with Crippen LogP contribution in [0.15, 0.2) is 54.7 Å². The molecule has 3 aliphatic heterocycles. The third-order valence-electron chi connectivity index (χ3n) is 15.9. The minimum Gasteiger partial charge on any atom is -0.494 e. The molecule has 3 saturated heterocycles. The van der Waals surface area contributed by atoms with E-state index in [1.54, 1.807) is 32.9 Å². The summed E-state index contributed by atoms with van der Waals surface area (Å²) in [6, 6.07) is 14.7. The number of unbranched alkanes of at least 4 members (excludes halogenated alkanes) is 2. The zero-order valence-corrected chi connectivity index (χ0v) is 51.6. The number of pyridine rings is 1. The van der Waals surface area contributed by atoms with Crippen molar-refractivity contribution in [2.45, 2.75) is 95.8 Å². The van der Waals surface area contributed by atoms with E-state index in [-0.39, 0.29) is 83.6 Å². The zero-order chi connectivity index (χ0) is 64.8. The fourth-order valence-electron chi connectivity index (χ4n) is 10.9. The van der Waals surface area contributed by atoms with Gasteiger partial charge < -0.3 is 45.1 Å². The van der Waals surface area contributed by atoms with E-state index < -0.39 is 72.1 Å². The molecule has 90 heavy (non-hydrogen) atoms. The zero-order valence-electron chi connectivity index (χ0n) is 51.6. The number of carboxylic acids is 1. The number of hydrogen-bond donors (Lipinski definition) is 5. The summed E-state index contributed by atoms with van der Waals surface area (Å²) in [6.07, 6.45) is 4.95. The van der Waals surface area contributed by atoms with Crippen LogP contribution in [0.1, 0.15) is 86.2 Å². The molecular formula is C62H86FN13O14. The van der Waals surface area contributed by atoms with Crippen molar-refractivity contribution in [2.24, 2.45) is 0 Å². The van der Waals surface area contributed by atoms with Crippen molar-refractivity contribution in [3.8, 4) is 11.8 Å². The van der Waals surface area contributed by atoms with E-state index in [9.17, 15) is 62.7 Å². The first-order valence-electron chi connectivity index (χ1n) is 30.7. The van der Waals surface area contributed by atoms with E-state index in [1.807, 2.05) is 34.9 Å². The monoisotopic (exact) mass is 1260 g/mol. The number of benzene rings is 2. The van der Waals surface area contributed by atoms with Crippen molar-refractivity contribution in [1.29, 1.82) is 5.26 Å². The second kappa shape index (κ2) is 37.1. The summed E-state index contributed by atoms with van der Waals surface area (Å²) >= 11 is 0. The molecule has 0 aliphatic carbocycles. The minimum atomic E-state index is -1.70. The van der Waals surface area contributed by atoms with Crippen LogP contribution >= 0.6 is 0 Å². The summed E-state index contributed by atoms with van der Waals surface area (Å²) in [6.45, 7) is 8.19. The number of piperazine rings is 1. The van der Waals surface area contributed by atoms with Gasteiger partial charge in [-0.3, -0.25) is 82.7 Å². The van der Waals surface area contributed by atoms with E-state index in [1.165, 1.54) is 24.8 Å². The number of halogens is 1. The van der Waals surface area contributed by atoms with Crippen molar-refractivity contribution >= 4 is 71.2 Å². The number of nitriles is 1. The van der Waals surface area contributed by atoms with Gasteiger partial charge in [0.15, 0.2) is 0 Å². The Kier molecular flexibility index (Phi) is 29.2. The summed E-state index contributed by atoms with van der Waals surface area (Å²) in [5.74, 6) is -4.41. The van der Waals surface area contributed by atoms with Gasteiger partial charge in [-0.2, -0.15) is 5.26 Å². The van der Waals surface area contributed by atoms with Crippen LogP contribution in [-0.2, 0) is 59.0 Å². The van der Waals surface area contributed by atoms with Gasteiger partial charge in [0.2, 0.25) is 35.4 Å². The smallest absolute Gasteiger partial charge is 0.317 e. The molecule has 0 spiro atoms. The third kappa shape index (κ3) is 24.6. The van der Waals surface area contributed by atoms with Crippen LogP contribution in [0.2, 0.25) is 0 Å². The van der Waals surface area contributed by atoms with Crippen molar-refractivity contribution in [1.82, 2.24) is 60.6 Å². The average molecular weight is 1260 g/mol. The molecule has 28 heteroatoms. The normalized spacial score (nSPS) is 18.6. The van der Waals surface area contributed by atoms with Gasteiger partial charge in [-0.15, -0.1) is 0 Å².